The van der Waals surface area contributed by atoms with Crippen LogP contribution in [0.2, 0.25) is 0 Å². The highest BCUT2D eigenvalue weighted by molar-refractivity contribution is 9.10. The van der Waals surface area contributed by atoms with Crippen molar-refractivity contribution in [3.63, 3.8) is 0 Å². The predicted octanol–water partition coefficient (Wildman–Crippen LogP) is 3.95. The smallest absolute Gasteiger partial charge is 0.153 e. The van der Waals surface area contributed by atoms with Gasteiger partial charge < -0.3 is 9.47 Å². The van der Waals surface area contributed by atoms with Crippen LogP contribution in [-0.2, 0) is 6.42 Å². The number of benzene rings is 2. The number of carbonyl (C=O) groups is 1. The minimum atomic E-state index is -0.00931. The molecular weight excluding hydrogens is 332 g/mol. The van der Waals surface area contributed by atoms with Gasteiger partial charge in [-0.3, -0.25) is 4.79 Å². The Morgan fingerprint density at radius 1 is 1.33 bits per heavy atom. The fourth-order valence-corrected chi connectivity index (χ4v) is 2.85. The SMILES string of the molecule is Cc1ccc2c(c1)CC(COc1ccc(Br)cc1C=O)O2. The summed E-state index contributed by atoms with van der Waals surface area (Å²) < 4.78 is 12.5. The van der Waals surface area contributed by atoms with Gasteiger partial charge in [0.05, 0.1) is 5.56 Å². The van der Waals surface area contributed by atoms with Gasteiger partial charge in [0.15, 0.2) is 6.29 Å². The topological polar surface area (TPSA) is 35.5 Å². The summed E-state index contributed by atoms with van der Waals surface area (Å²) >= 11 is 3.34. The third kappa shape index (κ3) is 3.10. The third-order valence-electron chi connectivity index (χ3n) is 3.48. The zero-order chi connectivity index (χ0) is 14.8. The van der Waals surface area contributed by atoms with Gasteiger partial charge in [-0.2, -0.15) is 0 Å². The molecule has 1 aliphatic heterocycles. The molecule has 1 unspecified atom stereocenters. The van der Waals surface area contributed by atoms with E-state index in [9.17, 15) is 4.79 Å². The molecular formula is C17H15BrO3. The Labute approximate surface area is 132 Å². The van der Waals surface area contributed by atoms with Gasteiger partial charge in [0.2, 0.25) is 0 Å². The molecule has 0 aliphatic carbocycles. The zero-order valence-corrected chi connectivity index (χ0v) is 13.2. The number of ether oxygens (including phenoxy) is 2. The molecule has 2 aromatic rings. The van der Waals surface area contributed by atoms with Crippen LogP contribution in [0.1, 0.15) is 21.5 Å². The summed E-state index contributed by atoms with van der Waals surface area (Å²) in [4.78, 5) is 11.1. The van der Waals surface area contributed by atoms with Crippen LogP contribution < -0.4 is 9.47 Å². The van der Waals surface area contributed by atoms with Crippen molar-refractivity contribution in [1.82, 2.24) is 0 Å². The van der Waals surface area contributed by atoms with Crippen molar-refractivity contribution in [3.8, 4) is 11.5 Å². The Morgan fingerprint density at radius 3 is 3.00 bits per heavy atom. The second-order valence-corrected chi connectivity index (χ2v) is 6.08. The van der Waals surface area contributed by atoms with Gasteiger partial charge in [0, 0.05) is 10.9 Å². The van der Waals surface area contributed by atoms with Crippen molar-refractivity contribution >= 4 is 22.2 Å². The highest BCUT2D eigenvalue weighted by Gasteiger charge is 2.23. The van der Waals surface area contributed by atoms with Crippen LogP contribution in [0.5, 0.6) is 11.5 Å². The molecule has 1 atom stereocenters. The monoisotopic (exact) mass is 346 g/mol. The molecule has 2 aromatic carbocycles. The van der Waals surface area contributed by atoms with Gasteiger partial charge in [-0.25, -0.2) is 0 Å². The second kappa shape index (κ2) is 5.90. The lowest BCUT2D eigenvalue weighted by molar-refractivity contribution is 0.111. The molecule has 0 saturated carbocycles. The second-order valence-electron chi connectivity index (χ2n) is 5.17. The first-order chi connectivity index (χ1) is 10.2. The average Bonchev–Trinajstić information content (AvgIpc) is 2.87. The summed E-state index contributed by atoms with van der Waals surface area (Å²) in [7, 11) is 0. The molecule has 0 fully saturated rings. The standard InChI is InChI=1S/C17H15BrO3/c1-11-2-4-17-12(6-11)8-15(21-17)10-20-16-5-3-14(18)7-13(16)9-19/h2-7,9,15H,8,10H2,1H3. The normalized spacial score (nSPS) is 16.2. The number of halogens is 1. The van der Waals surface area contributed by atoms with E-state index in [1.54, 1.807) is 12.1 Å². The van der Waals surface area contributed by atoms with Crippen LogP contribution in [0.25, 0.3) is 0 Å². The molecule has 4 heteroatoms. The van der Waals surface area contributed by atoms with Gasteiger partial charge in [-0.1, -0.05) is 33.6 Å². The molecule has 0 N–H and O–H groups in total. The molecule has 0 saturated heterocycles. The van der Waals surface area contributed by atoms with Crippen LogP contribution in [0.15, 0.2) is 40.9 Å². The summed E-state index contributed by atoms with van der Waals surface area (Å²) in [6.07, 6.45) is 1.63. The van der Waals surface area contributed by atoms with Crippen LogP contribution in [0.4, 0.5) is 0 Å². The molecule has 3 nitrogen and oxygen atoms in total. The summed E-state index contributed by atoms with van der Waals surface area (Å²) in [5, 5.41) is 0. The van der Waals surface area contributed by atoms with Crippen molar-refractivity contribution in [2.24, 2.45) is 0 Å². The quantitative estimate of drug-likeness (QED) is 0.786. The number of hydrogen-bond donors (Lipinski definition) is 0. The Hall–Kier alpha value is -1.81. The van der Waals surface area contributed by atoms with E-state index in [0.717, 1.165) is 22.9 Å². The Morgan fingerprint density at radius 2 is 2.19 bits per heavy atom. The zero-order valence-electron chi connectivity index (χ0n) is 11.6. The first-order valence-electron chi connectivity index (χ1n) is 6.79. The number of hydrogen-bond acceptors (Lipinski definition) is 3. The Kier molecular flexibility index (Phi) is 3.97. The lowest BCUT2D eigenvalue weighted by atomic mass is 10.1. The highest BCUT2D eigenvalue weighted by Crippen LogP contribution is 2.30. The molecule has 0 amide bonds. The first kappa shape index (κ1) is 14.1. The maximum absolute atomic E-state index is 11.1. The third-order valence-corrected chi connectivity index (χ3v) is 3.97. The van der Waals surface area contributed by atoms with E-state index >= 15 is 0 Å². The minimum Gasteiger partial charge on any atom is -0.489 e. The fourth-order valence-electron chi connectivity index (χ4n) is 2.47. The highest BCUT2D eigenvalue weighted by atomic mass is 79.9. The van der Waals surface area contributed by atoms with Crippen LogP contribution in [0.3, 0.4) is 0 Å². The van der Waals surface area contributed by atoms with E-state index in [2.05, 4.69) is 28.9 Å². The van der Waals surface area contributed by atoms with E-state index in [0.29, 0.717) is 17.9 Å². The number of aldehydes is 1. The summed E-state index contributed by atoms with van der Waals surface area (Å²) in [6, 6.07) is 11.6. The van der Waals surface area contributed by atoms with Crippen LogP contribution >= 0.6 is 15.9 Å². The minimum absolute atomic E-state index is 0.00931. The Bertz CT molecular complexity index is 682. The number of rotatable bonds is 4. The number of fused-ring (bicyclic) bond motifs is 1. The summed E-state index contributed by atoms with van der Waals surface area (Å²) in [5.41, 5.74) is 2.99. The summed E-state index contributed by atoms with van der Waals surface area (Å²) in [6.45, 7) is 2.50. The van der Waals surface area contributed by atoms with Gasteiger partial charge >= 0.3 is 0 Å². The van der Waals surface area contributed by atoms with Crippen molar-refractivity contribution < 1.29 is 14.3 Å². The van der Waals surface area contributed by atoms with Gasteiger partial charge in [-0.05, 0) is 36.8 Å². The van der Waals surface area contributed by atoms with Gasteiger partial charge in [0.25, 0.3) is 0 Å². The van der Waals surface area contributed by atoms with E-state index in [-0.39, 0.29) is 6.10 Å². The van der Waals surface area contributed by atoms with Crippen molar-refractivity contribution in [2.75, 3.05) is 6.61 Å². The van der Waals surface area contributed by atoms with E-state index in [1.165, 1.54) is 11.1 Å². The van der Waals surface area contributed by atoms with Crippen LogP contribution in [-0.4, -0.2) is 19.0 Å². The lowest BCUT2D eigenvalue weighted by Gasteiger charge is -2.13. The summed E-state index contributed by atoms with van der Waals surface area (Å²) in [5.74, 6) is 1.52. The molecule has 1 heterocycles. The van der Waals surface area contributed by atoms with Crippen LogP contribution in [0, 0.1) is 6.92 Å². The number of carbonyl (C=O) groups excluding carboxylic acids is 1. The average molecular weight is 347 g/mol. The van der Waals surface area contributed by atoms with E-state index < -0.39 is 0 Å². The molecule has 0 radical (unpaired) electrons. The van der Waals surface area contributed by atoms with E-state index in [4.69, 9.17) is 9.47 Å². The molecule has 0 spiro atoms. The van der Waals surface area contributed by atoms with Crippen molar-refractivity contribution in [1.29, 1.82) is 0 Å². The molecule has 0 bridgehead atoms. The van der Waals surface area contributed by atoms with Gasteiger partial charge in [0.1, 0.15) is 24.2 Å². The molecule has 108 valence electrons. The van der Waals surface area contributed by atoms with Crippen molar-refractivity contribution in [2.45, 2.75) is 19.4 Å². The maximum atomic E-state index is 11.1. The van der Waals surface area contributed by atoms with E-state index in [1.807, 2.05) is 18.2 Å². The molecule has 3 rings (SSSR count). The molecule has 0 aromatic heterocycles. The lowest BCUT2D eigenvalue weighted by Crippen LogP contribution is -2.22. The van der Waals surface area contributed by atoms with Crippen molar-refractivity contribution in [3.05, 3.63) is 57.6 Å². The molecule has 1 aliphatic rings. The Balaban J connectivity index is 1.66. The predicted molar refractivity (Wildman–Crippen MR) is 84.3 cm³/mol. The number of aryl methyl sites for hydroxylation is 1. The largest absolute Gasteiger partial charge is 0.489 e. The maximum Gasteiger partial charge on any atom is 0.153 e. The fraction of sp³-hybridized carbons (Fsp3) is 0.235. The first-order valence-corrected chi connectivity index (χ1v) is 7.59. The molecule has 21 heavy (non-hydrogen) atoms. The van der Waals surface area contributed by atoms with Gasteiger partial charge in [-0.15, -0.1) is 0 Å².